The van der Waals surface area contributed by atoms with Crippen LogP contribution in [0.2, 0.25) is 5.02 Å². The second kappa shape index (κ2) is 12.2. The topological polar surface area (TPSA) is 78.5 Å². The van der Waals surface area contributed by atoms with E-state index in [9.17, 15) is 14.4 Å². The van der Waals surface area contributed by atoms with E-state index in [1.807, 2.05) is 35.2 Å². The first-order valence-corrected chi connectivity index (χ1v) is 11.6. The minimum Gasteiger partial charge on any atom is -0.354 e. The lowest BCUT2D eigenvalue weighted by Crippen LogP contribution is -2.48. The lowest BCUT2D eigenvalue weighted by molar-refractivity contribution is -0.131. The maximum absolute atomic E-state index is 12.9. The van der Waals surface area contributed by atoms with Crippen molar-refractivity contribution in [2.45, 2.75) is 44.6 Å². The van der Waals surface area contributed by atoms with E-state index in [1.165, 1.54) is 0 Å². The largest absolute Gasteiger partial charge is 0.354 e. The average Bonchev–Trinajstić information content (AvgIpc) is 3.09. The maximum Gasteiger partial charge on any atom is 0.251 e. The van der Waals surface area contributed by atoms with Gasteiger partial charge in [0.25, 0.3) is 5.91 Å². The van der Waals surface area contributed by atoms with Gasteiger partial charge in [0, 0.05) is 43.1 Å². The second-order valence-corrected chi connectivity index (χ2v) is 8.50. The van der Waals surface area contributed by atoms with Crippen LogP contribution in [-0.4, -0.2) is 48.3 Å². The van der Waals surface area contributed by atoms with Crippen LogP contribution in [-0.2, 0) is 16.0 Å². The third kappa shape index (κ3) is 7.38. The number of nitrogens with zero attached hydrogens (tertiary/aromatic N) is 1. The summed E-state index contributed by atoms with van der Waals surface area (Å²) in [6.07, 6.45) is 5.01. The molecule has 170 valence electrons. The van der Waals surface area contributed by atoms with Gasteiger partial charge in [-0.2, -0.15) is 0 Å². The molecule has 1 unspecified atom stereocenters. The van der Waals surface area contributed by atoms with Crippen LogP contribution < -0.4 is 10.6 Å². The van der Waals surface area contributed by atoms with Crippen LogP contribution in [0.4, 0.5) is 0 Å². The SMILES string of the molecule is O=C(NC(Cc1ccccc1)C(=O)NCCC(=O)N1CCCCCC1)c1ccc(Cl)cc1. The maximum atomic E-state index is 12.9. The first-order chi connectivity index (χ1) is 15.5. The van der Waals surface area contributed by atoms with E-state index < -0.39 is 6.04 Å². The van der Waals surface area contributed by atoms with Crippen molar-refractivity contribution >= 4 is 29.3 Å². The fraction of sp³-hybridized carbons (Fsp3) is 0.400. The summed E-state index contributed by atoms with van der Waals surface area (Å²) >= 11 is 5.90. The van der Waals surface area contributed by atoms with Crippen LogP contribution in [0, 0.1) is 0 Å². The third-order valence-corrected chi connectivity index (χ3v) is 5.86. The molecule has 0 bridgehead atoms. The van der Waals surface area contributed by atoms with E-state index in [0.29, 0.717) is 17.0 Å². The fourth-order valence-electron chi connectivity index (χ4n) is 3.80. The molecule has 2 N–H and O–H groups in total. The quantitative estimate of drug-likeness (QED) is 0.638. The van der Waals surface area contributed by atoms with Gasteiger partial charge in [-0.1, -0.05) is 54.8 Å². The van der Waals surface area contributed by atoms with Crippen LogP contribution in [0.5, 0.6) is 0 Å². The molecule has 0 aliphatic carbocycles. The number of halogens is 1. The van der Waals surface area contributed by atoms with Crippen molar-refractivity contribution in [3.05, 3.63) is 70.7 Å². The summed E-state index contributed by atoms with van der Waals surface area (Å²) in [6.45, 7) is 1.83. The summed E-state index contributed by atoms with van der Waals surface area (Å²) in [6, 6.07) is 15.3. The predicted octanol–water partition coefficient (Wildman–Crippen LogP) is 3.59. The molecule has 3 amide bonds. The van der Waals surface area contributed by atoms with Crippen molar-refractivity contribution in [1.29, 1.82) is 0 Å². The third-order valence-electron chi connectivity index (χ3n) is 5.61. The Morgan fingerprint density at radius 2 is 1.56 bits per heavy atom. The Balaban J connectivity index is 1.58. The number of hydrogen-bond donors (Lipinski definition) is 2. The van der Waals surface area contributed by atoms with Gasteiger partial charge in [-0.3, -0.25) is 14.4 Å². The van der Waals surface area contributed by atoms with Crippen LogP contribution >= 0.6 is 11.6 Å². The summed E-state index contributed by atoms with van der Waals surface area (Å²) in [5, 5.41) is 6.19. The molecule has 32 heavy (non-hydrogen) atoms. The number of carbonyl (C=O) groups excluding carboxylic acids is 3. The van der Waals surface area contributed by atoms with Crippen molar-refractivity contribution in [3.63, 3.8) is 0 Å². The van der Waals surface area contributed by atoms with E-state index in [0.717, 1.165) is 44.3 Å². The van der Waals surface area contributed by atoms with Gasteiger partial charge in [0.05, 0.1) is 0 Å². The second-order valence-electron chi connectivity index (χ2n) is 8.06. The normalized spacial score (nSPS) is 14.8. The number of hydrogen-bond acceptors (Lipinski definition) is 3. The van der Waals surface area contributed by atoms with Crippen molar-refractivity contribution in [1.82, 2.24) is 15.5 Å². The van der Waals surface area contributed by atoms with Gasteiger partial charge in [-0.25, -0.2) is 0 Å². The lowest BCUT2D eigenvalue weighted by atomic mass is 10.0. The summed E-state index contributed by atoms with van der Waals surface area (Å²) < 4.78 is 0. The number of rotatable bonds is 8. The van der Waals surface area contributed by atoms with Crippen LogP contribution in [0.15, 0.2) is 54.6 Å². The van der Waals surface area contributed by atoms with Gasteiger partial charge < -0.3 is 15.5 Å². The Hall–Kier alpha value is -2.86. The van der Waals surface area contributed by atoms with E-state index in [2.05, 4.69) is 10.6 Å². The molecular formula is C25H30ClN3O3. The molecular weight excluding hydrogens is 426 g/mol. The van der Waals surface area contributed by atoms with Gasteiger partial charge in [-0.15, -0.1) is 0 Å². The summed E-state index contributed by atoms with van der Waals surface area (Å²) in [7, 11) is 0. The summed E-state index contributed by atoms with van der Waals surface area (Å²) in [4.78, 5) is 40.0. The monoisotopic (exact) mass is 455 g/mol. The van der Waals surface area contributed by atoms with E-state index >= 15 is 0 Å². The summed E-state index contributed by atoms with van der Waals surface area (Å²) in [5.74, 6) is -0.588. The number of nitrogens with one attached hydrogen (secondary N) is 2. The molecule has 1 heterocycles. The number of carbonyl (C=O) groups is 3. The zero-order chi connectivity index (χ0) is 22.8. The average molecular weight is 456 g/mol. The minimum atomic E-state index is -0.756. The van der Waals surface area contributed by atoms with Crippen molar-refractivity contribution in [3.8, 4) is 0 Å². The first kappa shape index (κ1) is 23.8. The summed E-state index contributed by atoms with van der Waals surface area (Å²) in [5.41, 5.74) is 1.36. The lowest BCUT2D eigenvalue weighted by Gasteiger charge is -2.21. The Morgan fingerprint density at radius 1 is 0.906 bits per heavy atom. The van der Waals surface area contributed by atoms with E-state index in [1.54, 1.807) is 24.3 Å². The molecule has 0 aromatic heterocycles. The van der Waals surface area contributed by atoms with Gasteiger partial charge in [-0.05, 0) is 42.7 Å². The van der Waals surface area contributed by atoms with Crippen molar-refractivity contribution in [2.75, 3.05) is 19.6 Å². The molecule has 1 aliphatic rings. The zero-order valence-corrected chi connectivity index (χ0v) is 18.9. The molecule has 2 aromatic carbocycles. The highest BCUT2D eigenvalue weighted by atomic mass is 35.5. The fourth-order valence-corrected chi connectivity index (χ4v) is 3.92. The highest BCUT2D eigenvalue weighted by molar-refractivity contribution is 6.30. The predicted molar refractivity (Wildman–Crippen MR) is 126 cm³/mol. The zero-order valence-electron chi connectivity index (χ0n) is 18.2. The molecule has 1 saturated heterocycles. The molecule has 1 fully saturated rings. The Kier molecular flexibility index (Phi) is 9.11. The first-order valence-electron chi connectivity index (χ1n) is 11.2. The molecule has 7 heteroatoms. The van der Waals surface area contributed by atoms with Gasteiger partial charge >= 0.3 is 0 Å². The molecule has 0 saturated carbocycles. The van der Waals surface area contributed by atoms with Crippen molar-refractivity contribution in [2.24, 2.45) is 0 Å². The minimum absolute atomic E-state index is 0.0667. The Bertz CT molecular complexity index is 894. The van der Waals surface area contributed by atoms with Gasteiger partial charge in [0.2, 0.25) is 11.8 Å². The molecule has 0 spiro atoms. The number of amides is 3. The van der Waals surface area contributed by atoms with E-state index in [-0.39, 0.29) is 30.7 Å². The van der Waals surface area contributed by atoms with Crippen LogP contribution in [0.3, 0.4) is 0 Å². The molecule has 1 atom stereocenters. The number of benzene rings is 2. The van der Waals surface area contributed by atoms with Crippen LogP contribution in [0.25, 0.3) is 0 Å². The molecule has 3 rings (SSSR count). The van der Waals surface area contributed by atoms with Crippen molar-refractivity contribution < 1.29 is 14.4 Å². The highest BCUT2D eigenvalue weighted by Crippen LogP contribution is 2.12. The molecule has 6 nitrogen and oxygen atoms in total. The Morgan fingerprint density at radius 3 is 2.22 bits per heavy atom. The van der Waals surface area contributed by atoms with Gasteiger partial charge in [0.15, 0.2) is 0 Å². The Labute approximate surface area is 194 Å². The highest BCUT2D eigenvalue weighted by Gasteiger charge is 2.22. The smallest absolute Gasteiger partial charge is 0.251 e. The molecule has 1 aliphatic heterocycles. The number of likely N-dealkylation sites (tertiary alicyclic amines) is 1. The molecule has 0 radical (unpaired) electrons. The molecule has 2 aromatic rings. The van der Waals surface area contributed by atoms with Crippen LogP contribution in [0.1, 0.15) is 48.0 Å². The van der Waals surface area contributed by atoms with E-state index in [4.69, 9.17) is 11.6 Å². The standard InChI is InChI=1S/C25H30ClN3O3/c26-21-12-10-20(11-13-21)24(31)28-22(18-19-8-4-3-5-9-19)25(32)27-15-14-23(30)29-16-6-1-2-7-17-29/h3-5,8-13,22H,1-2,6-7,14-18H2,(H,27,32)(H,28,31). The van der Waals surface area contributed by atoms with Gasteiger partial charge in [0.1, 0.15) is 6.04 Å².